The Morgan fingerprint density at radius 3 is 2.75 bits per heavy atom. The van der Waals surface area contributed by atoms with E-state index in [4.69, 9.17) is 0 Å². The number of rotatable bonds is 2. The zero-order chi connectivity index (χ0) is 11.4. The fourth-order valence-corrected chi connectivity index (χ4v) is 2.77. The lowest BCUT2D eigenvalue weighted by atomic mass is 9.90. The summed E-state index contributed by atoms with van der Waals surface area (Å²) >= 11 is 0. The summed E-state index contributed by atoms with van der Waals surface area (Å²) in [5.74, 6) is 0.679. The van der Waals surface area contributed by atoms with E-state index in [2.05, 4.69) is 31.2 Å². The highest BCUT2D eigenvalue weighted by Crippen LogP contribution is 2.27. The topological polar surface area (TPSA) is 20.2 Å². The van der Waals surface area contributed by atoms with E-state index in [9.17, 15) is 5.11 Å². The molecule has 2 unspecified atom stereocenters. The average Bonchev–Trinajstić information content (AvgIpc) is 2.46. The van der Waals surface area contributed by atoms with E-state index in [0.717, 1.165) is 19.3 Å². The highest BCUT2D eigenvalue weighted by molar-refractivity contribution is 5.25. The van der Waals surface area contributed by atoms with E-state index in [0.29, 0.717) is 5.92 Å². The van der Waals surface area contributed by atoms with E-state index in [1.54, 1.807) is 0 Å². The van der Waals surface area contributed by atoms with Gasteiger partial charge >= 0.3 is 0 Å². The summed E-state index contributed by atoms with van der Waals surface area (Å²) in [6.07, 6.45) is 6.85. The van der Waals surface area contributed by atoms with Crippen molar-refractivity contribution in [1.82, 2.24) is 0 Å². The number of aliphatic hydroxyl groups is 1. The number of hydrogen-bond donors (Lipinski definition) is 1. The van der Waals surface area contributed by atoms with Crippen LogP contribution >= 0.6 is 0 Å². The molecule has 1 aliphatic carbocycles. The summed E-state index contributed by atoms with van der Waals surface area (Å²) in [7, 11) is 0. The van der Waals surface area contributed by atoms with E-state index in [-0.39, 0.29) is 6.10 Å². The molecule has 0 aliphatic heterocycles. The van der Waals surface area contributed by atoms with Gasteiger partial charge in [-0.25, -0.2) is 0 Å². The molecule has 88 valence electrons. The molecule has 1 nitrogen and oxygen atoms in total. The van der Waals surface area contributed by atoms with Crippen molar-refractivity contribution in [3.05, 3.63) is 35.4 Å². The van der Waals surface area contributed by atoms with Crippen molar-refractivity contribution in [3.63, 3.8) is 0 Å². The van der Waals surface area contributed by atoms with Crippen molar-refractivity contribution >= 4 is 0 Å². The third-order valence-corrected chi connectivity index (χ3v) is 3.77. The molecule has 1 saturated carbocycles. The highest BCUT2D eigenvalue weighted by atomic mass is 16.3. The normalized spacial score (nSPS) is 26.4. The van der Waals surface area contributed by atoms with Crippen molar-refractivity contribution in [1.29, 1.82) is 0 Å². The van der Waals surface area contributed by atoms with Crippen molar-refractivity contribution < 1.29 is 5.11 Å². The molecule has 16 heavy (non-hydrogen) atoms. The smallest absolute Gasteiger partial charge is 0.0543 e. The number of aryl methyl sites for hydroxylation is 1. The second-order valence-electron chi connectivity index (χ2n) is 5.17. The maximum Gasteiger partial charge on any atom is 0.0543 e. The van der Waals surface area contributed by atoms with Crippen LogP contribution in [0.25, 0.3) is 0 Å². The molecule has 0 saturated heterocycles. The van der Waals surface area contributed by atoms with Gasteiger partial charge < -0.3 is 5.11 Å². The Balaban J connectivity index is 2.00. The van der Waals surface area contributed by atoms with Crippen molar-refractivity contribution in [2.45, 2.75) is 51.6 Å². The number of benzene rings is 1. The Morgan fingerprint density at radius 1 is 1.19 bits per heavy atom. The predicted octanol–water partition coefficient (Wildman–Crippen LogP) is 3.48. The van der Waals surface area contributed by atoms with Gasteiger partial charge in [-0.2, -0.15) is 0 Å². The molecule has 1 aliphatic rings. The van der Waals surface area contributed by atoms with E-state index >= 15 is 0 Å². The summed E-state index contributed by atoms with van der Waals surface area (Å²) < 4.78 is 0. The number of aliphatic hydroxyl groups excluding tert-OH is 1. The summed E-state index contributed by atoms with van der Waals surface area (Å²) in [6, 6.07) is 8.63. The molecular formula is C15H22O. The van der Waals surface area contributed by atoms with Crippen molar-refractivity contribution in [3.8, 4) is 0 Å². The molecule has 1 fully saturated rings. The predicted molar refractivity (Wildman–Crippen MR) is 67.5 cm³/mol. The second-order valence-corrected chi connectivity index (χ2v) is 5.17. The van der Waals surface area contributed by atoms with Gasteiger partial charge in [-0.05, 0) is 43.2 Å². The third kappa shape index (κ3) is 3.08. The molecule has 0 bridgehead atoms. The largest absolute Gasteiger partial charge is 0.393 e. The van der Waals surface area contributed by atoms with Crippen LogP contribution in [0.2, 0.25) is 0 Å². The number of hydrogen-bond acceptors (Lipinski definition) is 1. The SMILES string of the molecule is Cc1ccccc1CC1CCCCC(O)C1. The Kier molecular flexibility index (Phi) is 4.00. The molecule has 0 aromatic heterocycles. The standard InChI is InChI=1S/C15H22O/c1-12-6-2-4-8-14(12)10-13-7-3-5-9-15(16)11-13/h2,4,6,8,13,15-16H,3,5,7,9-11H2,1H3. The van der Waals surface area contributed by atoms with Crippen molar-refractivity contribution in [2.24, 2.45) is 5.92 Å². The van der Waals surface area contributed by atoms with Gasteiger partial charge in [0.15, 0.2) is 0 Å². The molecule has 0 amide bonds. The van der Waals surface area contributed by atoms with Crippen molar-refractivity contribution in [2.75, 3.05) is 0 Å². The van der Waals surface area contributed by atoms with Gasteiger partial charge in [0.25, 0.3) is 0 Å². The monoisotopic (exact) mass is 218 g/mol. The minimum absolute atomic E-state index is 0.0588. The Hall–Kier alpha value is -0.820. The second kappa shape index (κ2) is 5.49. The average molecular weight is 218 g/mol. The summed E-state index contributed by atoms with van der Waals surface area (Å²) in [5, 5.41) is 9.81. The van der Waals surface area contributed by atoms with Gasteiger partial charge in [-0.15, -0.1) is 0 Å². The van der Waals surface area contributed by atoms with Gasteiger partial charge in [0.2, 0.25) is 0 Å². The van der Waals surface area contributed by atoms with Gasteiger partial charge in [-0.1, -0.05) is 43.5 Å². The fourth-order valence-electron chi connectivity index (χ4n) is 2.77. The molecule has 2 atom stereocenters. The molecule has 1 N–H and O–H groups in total. The molecule has 1 aromatic carbocycles. The maximum atomic E-state index is 9.81. The van der Waals surface area contributed by atoms with E-state index < -0.39 is 0 Å². The van der Waals surface area contributed by atoms with Crippen LogP contribution in [0.15, 0.2) is 24.3 Å². The van der Waals surface area contributed by atoms with Crippen LogP contribution in [0.4, 0.5) is 0 Å². The van der Waals surface area contributed by atoms with Gasteiger partial charge in [-0.3, -0.25) is 0 Å². The molecule has 0 spiro atoms. The molecule has 1 heteroatoms. The highest BCUT2D eigenvalue weighted by Gasteiger charge is 2.18. The quantitative estimate of drug-likeness (QED) is 0.753. The van der Waals surface area contributed by atoms with E-state index in [1.807, 2.05) is 0 Å². The summed E-state index contributed by atoms with van der Waals surface area (Å²) in [6.45, 7) is 2.18. The lowest BCUT2D eigenvalue weighted by molar-refractivity contribution is 0.141. The Labute approximate surface area is 98.5 Å². The maximum absolute atomic E-state index is 9.81. The van der Waals surface area contributed by atoms with E-state index in [1.165, 1.54) is 30.4 Å². The van der Waals surface area contributed by atoms with Crippen LogP contribution in [0.1, 0.15) is 43.2 Å². The van der Waals surface area contributed by atoms with Crippen LogP contribution in [-0.4, -0.2) is 11.2 Å². The molecule has 0 radical (unpaired) electrons. The van der Waals surface area contributed by atoms with Crippen LogP contribution in [0.3, 0.4) is 0 Å². The first-order valence-electron chi connectivity index (χ1n) is 6.48. The first-order chi connectivity index (χ1) is 7.75. The fraction of sp³-hybridized carbons (Fsp3) is 0.600. The summed E-state index contributed by atoms with van der Waals surface area (Å²) in [4.78, 5) is 0. The van der Waals surface area contributed by atoms with Gasteiger partial charge in [0.05, 0.1) is 6.10 Å². The van der Waals surface area contributed by atoms with Gasteiger partial charge in [0.1, 0.15) is 0 Å². The summed E-state index contributed by atoms with van der Waals surface area (Å²) in [5.41, 5.74) is 2.85. The minimum atomic E-state index is -0.0588. The van der Waals surface area contributed by atoms with Crippen LogP contribution in [-0.2, 0) is 6.42 Å². The Bertz CT molecular complexity index is 332. The third-order valence-electron chi connectivity index (χ3n) is 3.77. The van der Waals surface area contributed by atoms with Gasteiger partial charge in [0, 0.05) is 0 Å². The lowest BCUT2D eigenvalue weighted by Gasteiger charge is -2.17. The molecular weight excluding hydrogens is 196 g/mol. The first kappa shape index (κ1) is 11.7. The zero-order valence-electron chi connectivity index (χ0n) is 10.2. The van der Waals surface area contributed by atoms with Crippen LogP contribution < -0.4 is 0 Å². The Morgan fingerprint density at radius 2 is 1.94 bits per heavy atom. The van der Waals surface area contributed by atoms with Crippen LogP contribution in [0.5, 0.6) is 0 Å². The van der Waals surface area contributed by atoms with Crippen LogP contribution in [0, 0.1) is 12.8 Å². The minimum Gasteiger partial charge on any atom is -0.393 e. The lowest BCUT2D eigenvalue weighted by Crippen LogP contribution is -2.13. The molecule has 2 rings (SSSR count). The molecule has 0 heterocycles. The first-order valence-corrected chi connectivity index (χ1v) is 6.48. The zero-order valence-corrected chi connectivity index (χ0v) is 10.2. The molecule has 1 aromatic rings.